The molecule has 0 aliphatic heterocycles. The Labute approximate surface area is 67.8 Å². The zero-order valence-electron chi connectivity index (χ0n) is 7.09. The largest absolute Gasteiger partial charge is 0.261 e. The summed E-state index contributed by atoms with van der Waals surface area (Å²) in [5.41, 5.74) is 3.46. The van der Waals surface area contributed by atoms with E-state index in [2.05, 4.69) is 24.6 Å². The molecular formula is C10H13N. The molecule has 0 aliphatic rings. The number of nitrogens with zero attached hydrogens (tertiary/aromatic N) is 1. The highest BCUT2D eigenvalue weighted by Gasteiger charge is 1.95. The topological polar surface area (TPSA) is 12.9 Å². The molecule has 0 radical (unpaired) electrons. The number of aromatic nitrogens is 1. The van der Waals surface area contributed by atoms with Gasteiger partial charge in [-0.2, -0.15) is 0 Å². The summed E-state index contributed by atoms with van der Waals surface area (Å²) in [6, 6.07) is 2.13. The fourth-order valence-corrected chi connectivity index (χ4v) is 0.996. The number of hydrogen-bond acceptors (Lipinski definition) is 1. The van der Waals surface area contributed by atoms with E-state index in [0.717, 1.165) is 17.7 Å². The molecule has 0 saturated carbocycles. The van der Waals surface area contributed by atoms with Gasteiger partial charge in [0.05, 0.1) is 0 Å². The molecule has 1 heterocycles. The van der Waals surface area contributed by atoms with Gasteiger partial charge in [-0.15, -0.1) is 0 Å². The van der Waals surface area contributed by atoms with E-state index in [1.807, 2.05) is 19.2 Å². The van der Waals surface area contributed by atoms with Crippen LogP contribution in [0.1, 0.15) is 23.7 Å². The van der Waals surface area contributed by atoms with Crippen LogP contribution in [0.15, 0.2) is 18.8 Å². The molecule has 0 N–H and O–H groups in total. The van der Waals surface area contributed by atoms with Crippen LogP contribution in [0.2, 0.25) is 0 Å². The van der Waals surface area contributed by atoms with Gasteiger partial charge in [0.25, 0.3) is 0 Å². The molecule has 0 spiro atoms. The molecule has 0 fully saturated rings. The smallest absolute Gasteiger partial charge is 0.0444 e. The Kier molecular flexibility index (Phi) is 2.42. The molecule has 0 bridgehead atoms. The number of hydrogen-bond donors (Lipinski definition) is 0. The molecule has 0 amide bonds. The lowest BCUT2D eigenvalue weighted by Crippen LogP contribution is -1.89. The monoisotopic (exact) mass is 147 g/mol. The molecule has 0 unspecified atom stereocenters. The van der Waals surface area contributed by atoms with Gasteiger partial charge in [-0.1, -0.05) is 19.6 Å². The third-order valence-corrected chi connectivity index (χ3v) is 1.81. The van der Waals surface area contributed by atoms with Crippen molar-refractivity contribution in [2.75, 3.05) is 0 Å². The molecule has 0 aliphatic carbocycles. The summed E-state index contributed by atoms with van der Waals surface area (Å²) in [7, 11) is 0. The van der Waals surface area contributed by atoms with Crippen LogP contribution in [-0.4, -0.2) is 4.98 Å². The van der Waals surface area contributed by atoms with Crippen LogP contribution in [0.3, 0.4) is 0 Å². The van der Waals surface area contributed by atoms with Gasteiger partial charge in [0.2, 0.25) is 0 Å². The molecule has 1 heteroatoms. The maximum absolute atomic E-state index is 4.25. The van der Waals surface area contributed by atoms with Crippen molar-refractivity contribution < 1.29 is 0 Å². The fourth-order valence-electron chi connectivity index (χ4n) is 0.996. The zero-order valence-corrected chi connectivity index (χ0v) is 7.09. The summed E-state index contributed by atoms with van der Waals surface area (Å²) in [5.74, 6) is 0. The highest BCUT2D eigenvalue weighted by atomic mass is 14.7. The van der Waals surface area contributed by atoms with Gasteiger partial charge < -0.3 is 0 Å². The number of aryl methyl sites for hydroxylation is 2. The maximum Gasteiger partial charge on any atom is 0.0444 e. The van der Waals surface area contributed by atoms with Crippen LogP contribution in [0.4, 0.5) is 0 Å². The Morgan fingerprint density at radius 2 is 2.36 bits per heavy atom. The minimum atomic E-state index is 1.04. The van der Waals surface area contributed by atoms with Gasteiger partial charge >= 0.3 is 0 Å². The van der Waals surface area contributed by atoms with E-state index in [-0.39, 0.29) is 0 Å². The lowest BCUT2D eigenvalue weighted by molar-refractivity contribution is 1.07. The average molecular weight is 147 g/mol. The predicted octanol–water partition coefficient (Wildman–Crippen LogP) is 2.60. The minimum absolute atomic E-state index is 1.04. The van der Waals surface area contributed by atoms with Crippen LogP contribution >= 0.6 is 0 Å². The summed E-state index contributed by atoms with van der Waals surface area (Å²) in [4.78, 5) is 4.25. The Bertz CT molecular complexity index is 264. The average Bonchev–Trinajstić information content (AvgIpc) is 2.05. The van der Waals surface area contributed by atoms with E-state index < -0.39 is 0 Å². The molecule has 0 atom stereocenters. The van der Waals surface area contributed by atoms with Gasteiger partial charge in [-0.3, -0.25) is 4.98 Å². The Morgan fingerprint density at radius 1 is 1.64 bits per heavy atom. The molecule has 58 valence electrons. The van der Waals surface area contributed by atoms with Gasteiger partial charge in [-0.05, 0) is 30.5 Å². The van der Waals surface area contributed by atoms with Gasteiger partial charge in [-0.25, -0.2) is 0 Å². The van der Waals surface area contributed by atoms with Crippen LogP contribution in [0.5, 0.6) is 0 Å². The Morgan fingerprint density at radius 3 is 2.91 bits per heavy atom. The lowest BCUT2D eigenvalue weighted by Gasteiger charge is -2.01. The molecule has 1 aromatic rings. The van der Waals surface area contributed by atoms with E-state index >= 15 is 0 Å². The highest BCUT2D eigenvalue weighted by molar-refractivity contribution is 5.50. The second-order valence-electron chi connectivity index (χ2n) is 2.58. The predicted molar refractivity (Wildman–Crippen MR) is 48.4 cm³/mol. The zero-order chi connectivity index (χ0) is 8.27. The van der Waals surface area contributed by atoms with Crippen molar-refractivity contribution in [2.45, 2.75) is 20.3 Å². The van der Waals surface area contributed by atoms with Crippen molar-refractivity contribution in [1.82, 2.24) is 4.98 Å². The van der Waals surface area contributed by atoms with Crippen LogP contribution in [-0.2, 0) is 6.42 Å². The third kappa shape index (κ3) is 1.67. The Hall–Kier alpha value is -1.11. The summed E-state index contributed by atoms with van der Waals surface area (Å²) < 4.78 is 0. The highest BCUT2D eigenvalue weighted by Crippen LogP contribution is 2.09. The summed E-state index contributed by atoms with van der Waals surface area (Å²) in [6.45, 7) is 7.85. The van der Waals surface area contributed by atoms with E-state index in [4.69, 9.17) is 0 Å². The first kappa shape index (κ1) is 7.99. The first-order valence-electron chi connectivity index (χ1n) is 3.86. The first-order valence-corrected chi connectivity index (χ1v) is 3.86. The van der Waals surface area contributed by atoms with Crippen molar-refractivity contribution in [3.8, 4) is 0 Å². The standard InChI is InChI=1S/C10H13N/c1-4-9-6-10(5-2)8(3)11-7-9/h5-7H,2,4H2,1,3H3. The van der Waals surface area contributed by atoms with E-state index in [9.17, 15) is 0 Å². The van der Waals surface area contributed by atoms with Crippen LogP contribution in [0.25, 0.3) is 6.08 Å². The second kappa shape index (κ2) is 3.33. The van der Waals surface area contributed by atoms with Crippen molar-refractivity contribution in [3.63, 3.8) is 0 Å². The van der Waals surface area contributed by atoms with Crippen molar-refractivity contribution >= 4 is 6.08 Å². The fraction of sp³-hybridized carbons (Fsp3) is 0.300. The second-order valence-corrected chi connectivity index (χ2v) is 2.58. The Balaban J connectivity index is 3.12. The van der Waals surface area contributed by atoms with Gasteiger partial charge in [0, 0.05) is 11.9 Å². The minimum Gasteiger partial charge on any atom is -0.261 e. The lowest BCUT2D eigenvalue weighted by atomic mass is 10.1. The van der Waals surface area contributed by atoms with Crippen molar-refractivity contribution in [1.29, 1.82) is 0 Å². The molecule has 0 saturated heterocycles. The summed E-state index contributed by atoms with van der Waals surface area (Å²) >= 11 is 0. The number of rotatable bonds is 2. The first-order chi connectivity index (χ1) is 5.27. The van der Waals surface area contributed by atoms with Gasteiger partial charge in [0.1, 0.15) is 0 Å². The van der Waals surface area contributed by atoms with Crippen LogP contribution < -0.4 is 0 Å². The quantitative estimate of drug-likeness (QED) is 0.626. The van der Waals surface area contributed by atoms with Crippen molar-refractivity contribution in [2.24, 2.45) is 0 Å². The van der Waals surface area contributed by atoms with Crippen LogP contribution in [0, 0.1) is 6.92 Å². The van der Waals surface area contributed by atoms with E-state index in [1.54, 1.807) is 0 Å². The third-order valence-electron chi connectivity index (χ3n) is 1.81. The molecule has 1 nitrogen and oxygen atoms in total. The normalized spacial score (nSPS) is 9.64. The van der Waals surface area contributed by atoms with E-state index in [0.29, 0.717) is 0 Å². The number of pyridine rings is 1. The molecule has 1 aromatic heterocycles. The molecule has 1 rings (SSSR count). The molecule has 11 heavy (non-hydrogen) atoms. The molecule has 0 aromatic carbocycles. The van der Waals surface area contributed by atoms with Gasteiger partial charge in [0.15, 0.2) is 0 Å². The summed E-state index contributed by atoms with van der Waals surface area (Å²) in [5, 5.41) is 0. The molecular weight excluding hydrogens is 134 g/mol. The summed E-state index contributed by atoms with van der Waals surface area (Å²) in [6.07, 6.45) is 4.80. The van der Waals surface area contributed by atoms with E-state index in [1.165, 1.54) is 5.56 Å². The maximum atomic E-state index is 4.25. The SMILES string of the molecule is C=Cc1cc(CC)cnc1C. The van der Waals surface area contributed by atoms with Crippen molar-refractivity contribution in [3.05, 3.63) is 35.7 Å².